The summed E-state index contributed by atoms with van der Waals surface area (Å²) < 4.78 is 0. The quantitative estimate of drug-likeness (QED) is 0.710. The van der Waals surface area contributed by atoms with E-state index < -0.39 is 0 Å². The van der Waals surface area contributed by atoms with Crippen LogP contribution < -0.4 is 0 Å². The minimum absolute atomic E-state index is 0.0637. The monoisotopic (exact) mass is 305 g/mol. The molecular formula is C22H27N. The van der Waals surface area contributed by atoms with Crippen molar-refractivity contribution in [3.8, 4) is 0 Å². The number of rotatable bonds is 4. The van der Waals surface area contributed by atoms with Crippen molar-refractivity contribution >= 4 is 5.57 Å². The molecule has 0 bridgehead atoms. The first-order chi connectivity index (χ1) is 11.0. The van der Waals surface area contributed by atoms with Crippen molar-refractivity contribution in [2.24, 2.45) is 0 Å². The van der Waals surface area contributed by atoms with Crippen molar-refractivity contribution in [2.75, 3.05) is 20.6 Å². The number of nitrogens with zero attached hydrogens (tertiary/aromatic N) is 1. The van der Waals surface area contributed by atoms with Gasteiger partial charge in [-0.1, -0.05) is 68.5 Å². The molecule has 2 aromatic carbocycles. The highest BCUT2D eigenvalue weighted by Gasteiger charge is 2.33. The fourth-order valence-electron chi connectivity index (χ4n) is 3.69. The summed E-state index contributed by atoms with van der Waals surface area (Å²) in [6.45, 7) is 5.82. The van der Waals surface area contributed by atoms with E-state index in [-0.39, 0.29) is 5.41 Å². The fourth-order valence-corrected chi connectivity index (χ4v) is 3.69. The molecule has 0 aromatic heterocycles. The summed E-state index contributed by atoms with van der Waals surface area (Å²) in [5.41, 5.74) is 7.17. The maximum Gasteiger partial charge on any atom is 0.0158 e. The lowest BCUT2D eigenvalue weighted by Crippen LogP contribution is -2.26. The van der Waals surface area contributed by atoms with Crippen LogP contribution in [0.5, 0.6) is 0 Å². The predicted octanol–water partition coefficient (Wildman–Crippen LogP) is 5.10. The molecule has 0 saturated carbocycles. The molecule has 1 aliphatic rings. The molecule has 0 N–H and O–H groups in total. The van der Waals surface area contributed by atoms with Gasteiger partial charge in [-0.2, -0.15) is 0 Å². The second-order valence-corrected chi connectivity index (χ2v) is 7.28. The van der Waals surface area contributed by atoms with Crippen molar-refractivity contribution in [1.29, 1.82) is 0 Å². The smallest absolute Gasteiger partial charge is 0.0158 e. The van der Waals surface area contributed by atoms with Gasteiger partial charge >= 0.3 is 0 Å². The van der Waals surface area contributed by atoms with Gasteiger partial charge in [-0.25, -0.2) is 0 Å². The Bertz CT molecular complexity index is 671. The van der Waals surface area contributed by atoms with Crippen LogP contribution in [0.25, 0.3) is 5.57 Å². The standard InChI is InChI=1S/C22H27N/c1-22(2)20-14-7-5-12-18(20)17(11-9-10-16-23(3)4)19-13-6-8-15-21(19)22/h5-8,11-15H,9-10,16H2,1-4H3. The van der Waals surface area contributed by atoms with Crippen LogP contribution in [0.1, 0.15) is 48.9 Å². The third kappa shape index (κ3) is 2.98. The third-order valence-electron chi connectivity index (χ3n) is 4.94. The molecule has 0 saturated heterocycles. The van der Waals surface area contributed by atoms with Gasteiger partial charge in [0.1, 0.15) is 0 Å². The Labute approximate surface area is 140 Å². The highest BCUT2D eigenvalue weighted by atomic mass is 15.0. The van der Waals surface area contributed by atoms with Gasteiger partial charge in [0.2, 0.25) is 0 Å². The van der Waals surface area contributed by atoms with E-state index in [0.717, 1.165) is 13.0 Å². The molecule has 0 fully saturated rings. The van der Waals surface area contributed by atoms with Gasteiger partial charge in [-0.05, 0) is 61.3 Å². The highest BCUT2D eigenvalue weighted by Crippen LogP contribution is 2.46. The van der Waals surface area contributed by atoms with E-state index in [1.54, 1.807) is 0 Å². The Morgan fingerprint density at radius 2 is 1.39 bits per heavy atom. The Hall–Kier alpha value is -1.86. The molecule has 23 heavy (non-hydrogen) atoms. The number of fused-ring (bicyclic) bond motifs is 2. The molecule has 120 valence electrons. The summed E-state index contributed by atoms with van der Waals surface area (Å²) >= 11 is 0. The summed E-state index contributed by atoms with van der Waals surface area (Å²) in [7, 11) is 4.28. The van der Waals surface area contributed by atoms with Crippen LogP contribution in [-0.4, -0.2) is 25.5 Å². The lowest BCUT2D eigenvalue weighted by atomic mass is 9.67. The largest absolute Gasteiger partial charge is 0.309 e. The molecule has 1 nitrogen and oxygen atoms in total. The topological polar surface area (TPSA) is 3.24 Å². The number of benzene rings is 2. The van der Waals surface area contributed by atoms with Crippen LogP contribution in [-0.2, 0) is 5.41 Å². The van der Waals surface area contributed by atoms with E-state index >= 15 is 0 Å². The Balaban J connectivity index is 2.05. The average molecular weight is 305 g/mol. The van der Waals surface area contributed by atoms with Crippen molar-refractivity contribution in [1.82, 2.24) is 4.90 Å². The molecule has 0 unspecified atom stereocenters. The van der Waals surface area contributed by atoms with E-state index in [4.69, 9.17) is 0 Å². The predicted molar refractivity (Wildman–Crippen MR) is 99.9 cm³/mol. The Morgan fingerprint density at radius 1 is 0.870 bits per heavy atom. The van der Waals surface area contributed by atoms with Crippen molar-refractivity contribution in [3.05, 3.63) is 76.9 Å². The second-order valence-electron chi connectivity index (χ2n) is 7.28. The zero-order chi connectivity index (χ0) is 16.4. The van der Waals surface area contributed by atoms with Crippen molar-refractivity contribution < 1.29 is 0 Å². The molecule has 1 aliphatic carbocycles. The van der Waals surface area contributed by atoms with Gasteiger partial charge in [0.25, 0.3) is 0 Å². The van der Waals surface area contributed by atoms with Gasteiger partial charge in [-0.3, -0.25) is 0 Å². The maximum atomic E-state index is 2.44. The first-order valence-electron chi connectivity index (χ1n) is 8.56. The molecule has 0 atom stereocenters. The van der Waals surface area contributed by atoms with Crippen LogP contribution in [0.4, 0.5) is 0 Å². The second kappa shape index (κ2) is 6.33. The van der Waals surface area contributed by atoms with Crippen molar-refractivity contribution in [2.45, 2.75) is 32.1 Å². The molecule has 0 radical (unpaired) electrons. The van der Waals surface area contributed by atoms with Crippen LogP contribution in [0.15, 0.2) is 54.6 Å². The Kier molecular flexibility index (Phi) is 4.41. The zero-order valence-electron chi connectivity index (χ0n) is 14.8. The van der Waals surface area contributed by atoms with E-state index in [1.807, 2.05) is 0 Å². The van der Waals surface area contributed by atoms with Gasteiger partial charge in [0.05, 0.1) is 0 Å². The van der Waals surface area contributed by atoms with E-state index in [9.17, 15) is 0 Å². The van der Waals surface area contributed by atoms with E-state index in [1.165, 1.54) is 34.2 Å². The maximum absolute atomic E-state index is 2.44. The molecule has 2 aromatic rings. The highest BCUT2D eigenvalue weighted by molar-refractivity contribution is 5.87. The van der Waals surface area contributed by atoms with Crippen LogP contribution >= 0.6 is 0 Å². The van der Waals surface area contributed by atoms with Gasteiger partial charge in [0, 0.05) is 5.41 Å². The number of allylic oxidation sites excluding steroid dienone is 1. The molecule has 0 heterocycles. The van der Waals surface area contributed by atoms with Gasteiger partial charge in [0.15, 0.2) is 0 Å². The molecule has 1 heteroatoms. The Morgan fingerprint density at radius 3 is 1.91 bits per heavy atom. The lowest BCUT2D eigenvalue weighted by Gasteiger charge is -2.36. The molecule has 0 aliphatic heterocycles. The molecule has 0 spiro atoms. The summed E-state index contributed by atoms with van der Waals surface area (Å²) in [6, 6.07) is 17.8. The van der Waals surface area contributed by atoms with Gasteiger partial charge < -0.3 is 4.90 Å². The zero-order valence-corrected chi connectivity index (χ0v) is 14.8. The number of hydrogen-bond acceptors (Lipinski definition) is 1. The summed E-state index contributed by atoms with van der Waals surface area (Å²) in [6.07, 6.45) is 4.76. The average Bonchev–Trinajstić information content (AvgIpc) is 2.54. The summed E-state index contributed by atoms with van der Waals surface area (Å²) in [5.74, 6) is 0. The van der Waals surface area contributed by atoms with Crippen LogP contribution in [0.2, 0.25) is 0 Å². The van der Waals surface area contributed by atoms with Gasteiger partial charge in [-0.15, -0.1) is 0 Å². The van der Waals surface area contributed by atoms with E-state index in [0.29, 0.717) is 0 Å². The normalized spacial score (nSPS) is 15.3. The number of unbranched alkanes of at least 4 members (excludes halogenated alkanes) is 1. The minimum Gasteiger partial charge on any atom is -0.309 e. The van der Waals surface area contributed by atoms with Crippen LogP contribution in [0, 0.1) is 0 Å². The summed E-state index contributed by atoms with van der Waals surface area (Å²) in [4.78, 5) is 2.25. The minimum atomic E-state index is 0.0637. The molecule has 3 rings (SSSR count). The third-order valence-corrected chi connectivity index (χ3v) is 4.94. The number of hydrogen-bond donors (Lipinski definition) is 0. The fraction of sp³-hybridized carbons (Fsp3) is 0.364. The SMILES string of the molecule is CN(C)CCCC=C1c2ccccc2C(C)(C)c2ccccc21. The first-order valence-corrected chi connectivity index (χ1v) is 8.56. The molecule has 0 amide bonds. The first kappa shape index (κ1) is 16.0. The van der Waals surface area contributed by atoms with Crippen molar-refractivity contribution in [3.63, 3.8) is 0 Å². The van der Waals surface area contributed by atoms with E-state index in [2.05, 4.69) is 87.4 Å². The lowest BCUT2D eigenvalue weighted by molar-refractivity contribution is 0.402. The molecular weight excluding hydrogens is 278 g/mol. The van der Waals surface area contributed by atoms with Crippen LogP contribution in [0.3, 0.4) is 0 Å². The summed E-state index contributed by atoms with van der Waals surface area (Å²) in [5, 5.41) is 0.